The molecule has 0 bridgehead atoms. The van der Waals surface area contributed by atoms with Crippen LogP contribution < -0.4 is 16.9 Å². The highest BCUT2D eigenvalue weighted by atomic mass is 32.2. The molecule has 132 valence electrons. The van der Waals surface area contributed by atoms with E-state index < -0.39 is 27.0 Å². The van der Waals surface area contributed by atoms with Gasteiger partial charge >= 0.3 is 0 Å². The Bertz CT molecular complexity index is 1300. The second-order valence-corrected chi connectivity index (χ2v) is 7.97. The maximum Gasteiger partial charge on any atom is 0.279 e. The molecule has 1 atom stereocenters. The van der Waals surface area contributed by atoms with Gasteiger partial charge < -0.3 is 5.73 Å². The molecular weight excluding hydrogens is 354 g/mol. The van der Waals surface area contributed by atoms with Crippen molar-refractivity contribution in [1.29, 1.82) is 0 Å². The molecule has 26 heavy (non-hydrogen) atoms. The highest BCUT2D eigenvalue weighted by Gasteiger charge is 2.38. The number of allylic oxidation sites excluding steroid dienone is 1. The van der Waals surface area contributed by atoms with Crippen molar-refractivity contribution in [2.75, 3.05) is 0 Å². The number of fused-ring (bicyclic) bond motifs is 2. The molecule has 4 rings (SSSR count). The Balaban J connectivity index is 2.08. The first-order valence-corrected chi connectivity index (χ1v) is 9.40. The van der Waals surface area contributed by atoms with E-state index in [1.165, 1.54) is 18.2 Å². The summed E-state index contributed by atoms with van der Waals surface area (Å²) in [5.74, 6) is -0.241. The van der Waals surface area contributed by atoms with Crippen molar-refractivity contribution in [2.45, 2.75) is 17.9 Å². The van der Waals surface area contributed by atoms with Gasteiger partial charge in [0, 0.05) is 0 Å². The summed E-state index contributed by atoms with van der Waals surface area (Å²) < 4.78 is 28.2. The minimum atomic E-state index is -3.96. The van der Waals surface area contributed by atoms with Crippen LogP contribution >= 0.6 is 0 Å². The lowest BCUT2D eigenvalue weighted by atomic mass is 10.2. The standard InChI is InChI=1S/C18H15N3O4S/c1-11-15(26(24,25)12-7-3-2-4-8-12)16(19)21-18(23)14-10-6-5-9-13(14)17(22)20(11)21/h2-11H,19H2,1H3. The van der Waals surface area contributed by atoms with Gasteiger partial charge in [-0.1, -0.05) is 30.3 Å². The van der Waals surface area contributed by atoms with Crippen LogP contribution in [-0.4, -0.2) is 17.8 Å². The monoisotopic (exact) mass is 369 g/mol. The van der Waals surface area contributed by atoms with Crippen molar-refractivity contribution < 1.29 is 8.42 Å². The average molecular weight is 369 g/mol. The smallest absolute Gasteiger partial charge is 0.279 e. The predicted molar refractivity (Wildman–Crippen MR) is 98.2 cm³/mol. The van der Waals surface area contributed by atoms with E-state index in [1.54, 1.807) is 43.3 Å². The van der Waals surface area contributed by atoms with Gasteiger partial charge in [-0.05, 0) is 31.2 Å². The topological polar surface area (TPSA) is 104 Å². The molecule has 0 fully saturated rings. The van der Waals surface area contributed by atoms with E-state index in [4.69, 9.17) is 5.73 Å². The summed E-state index contributed by atoms with van der Waals surface area (Å²) in [5, 5.41) is 0.425. The molecule has 2 heterocycles. The van der Waals surface area contributed by atoms with Crippen LogP contribution in [0.4, 0.5) is 0 Å². The molecule has 2 aromatic carbocycles. The normalized spacial score (nSPS) is 16.9. The van der Waals surface area contributed by atoms with Gasteiger partial charge in [0.25, 0.3) is 11.1 Å². The van der Waals surface area contributed by atoms with Gasteiger partial charge in [0.15, 0.2) is 0 Å². The molecule has 0 saturated carbocycles. The second kappa shape index (κ2) is 5.43. The minimum Gasteiger partial charge on any atom is -0.383 e. The lowest BCUT2D eigenvalue weighted by Crippen LogP contribution is -2.37. The molecule has 0 aliphatic carbocycles. The molecule has 1 unspecified atom stereocenters. The predicted octanol–water partition coefficient (Wildman–Crippen LogP) is 1.30. The van der Waals surface area contributed by atoms with Crippen LogP contribution in [-0.2, 0) is 9.84 Å². The van der Waals surface area contributed by atoms with Crippen LogP contribution in [0.5, 0.6) is 0 Å². The summed E-state index contributed by atoms with van der Waals surface area (Å²) >= 11 is 0. The van der Waals surface area contributed by atoms with Gasteiger partial charge in [0.1, 0.15) is 10.7 Å². The molecule has 0 amide bonds. The fourth-order valence-electron chi connectivity index (χ4n) is 3.38. The quantitative estimate of drug-likeness (QED) is 0.733. The maximum atomic E-state index is 13.1. The third-order valence-electron chi connectivity index (χ3n) is 4.57. The van der Waals surface area contributed by atoms with Crippen LogP contribution in [0.1, 0.15) is 13.0 Å². The molecule has 7 nitrogen and oxygen atoms in total. The Morgan fingerprint density at radius 1 is 0.885 bits per heavy atom. The SMILES string of the molecule is CC1C(S(=O)(=O)c2ccccc2)=C(N)n2c(=O)c3ccccc3c(=O)n21. The van der Waals surface area contributed by atoms with E-state index in [9.17, 15) is 18.0 Å². The van der Waals surface area contributed by atoms with Crippen molar-refractivity contribution >= 4 is 26.4 Å². The van der Waals surface area contributed by atoms with Crippen LogP contribution in [0.3, 0.4) is 0 Å². The van der Waals surface area contributed by atoms with E-state index >= 15 is 0 Å². The molecule has 0 saturated heterocycles. The van der Waals surface area contributed by atoms with E-state index in [0.29, 0.717) is 0 Å². The first-order chi connectivity index (χ1) is 12.4. The molecule has 2 N–H and O–H groups in total. The van der Waals surface area contributed by atoms with Gasteiger partial charge in [-0.25, -0.2) is 13.1 Å². The van der Waals surface area contributed by atoms with E-state index in [0.717, 1.165) is 9.36 Å². The van der Waals surface area contributed by atoms with Crippen molar-refractivity contribution in [3.8, 4) is 0 Å². The number of benzene rings is 2. The van der Waals surface area contributed by atoms with Gasteiger partial charge in [-0.2, -0.15) is 4.68 Å². The lowest BCUT2D eigenvalue weighted by Gasteiger charge is -2.13. The van der Waals surface area contributed by atoms with Crippen molar-refractivity contribution in [3.63, 3.8) is 0 Å². The Morgan fingerprint density at radius 2 is 1.42 bits per heavy atom. The molecule has 1 aliphatic rings. The van der Waals surface area contributed by atoms with Crippen LogP contribution in [0.2, 0.25) is 0 Å². The number of rotatable bonds is 2. The number of hydrogen-bond acceptors (Lipinski definition) is 5. The van der Waals surface area contributed by atoms with Crippen LogP contribution in [0.25, 0.3) is 16.6 Å². The number of nitrogens with zero attached hydrogens (tertiary/aromatic N) is 2. The van der Waals surface area contributed by atoms with Crippen molar-refractivity contribution in [1.82, 2.24) is 9.36 Å². The van der Waals surface area contributed by atoms with Crippen molar-refractivity contribution in [3.05, 3.63) is 80.2 Å². The first-order valence-electron chi connectivity index (χ1n) is 7.92. The second-order valence-electron chi connectivity index (χ2n) is 6.05. The number of aromatic nitrogens is 2. The Hall–Kier alpha value is -3.13. The Labute approximate surface area is 148 Å². The highest BCUT2D eigenvalue weighted by molar-refractivity contribution is 7.95. The summed E-state index contributed by atoms with van der Waals surface area (Å²) in [6.45, 7) is 1.54. The molecule has 0 radical (unpaired) electrons. The fourth-order valence-corrected chi connectivity index (χ4v) is 5.06. The number of hydrogen-bond donors (Lipinski definition) is 1. The van der Waals surface area contributed by atoms with Crippen LogP contribution in [0.15, 0.2) is 74.0 Å². The Morgan fingerprint density at radius 3 is 2.04 bits per heavy atom. The number of sulfone groups is 1. The summed E-state index contributed by atoms with van der Waals surface area (Å²) in [7, 11) is -3.96. The summed E-state index contributed by atoms with van der Waals surface area (Å²) in [4.78, 5) is 25.6. The lowest BCUT2D eigenvalue weighted by molar-refractivity contribution is 0.514. The largest absolute Gasteiger partial charge is 0.383 e. The zero-order valence-electron chi connectivity index (χ0n) is 13.8. The fraction of sp³-hybridized carbons (Fsp3) is 0.111. The van der Waals surface area contributed by atoms with Gasteiger partial charge in [-0.3, -0.25) is 9.59 Å². The molecule has 3 aromatic rings. The van der Waals surface area contributed by atoms with Crippen molar-refractivity contribution in [2.24, 2.45) is 5.73 Å². The zero-order valence-corrected chi connectivity index (χ0v) is 14.6. The molecule has 1 aromatic heterocycles. The van der Waals surface area contributed by atoms with E-state index in [1.807, 2.05) is 0 Å². The van der Waals surface area contributed by atoms with E-state index in [-0.39, 0.29) is 26.4 Å². The highest BCUT2D eigenvalue weighted by Crippen LogP contribution is 2.34. The molecule has 1 aliphatic heterocycles. The van der Waals surface area contributed by atoms with Gasteiger partial charge in [-0.15, -0.1) is 0 Å². The molecule has 8 heteroatoms. The molecular formula is C18H15N3O4S. The Kier molecular flexibility index (Phi) is 3.42. The first kappa shape index (κ1) is 16.3. The maximum absolute atomic E-state index is 13.1. The third kappa shape index (κ3) is 2.02. The third-order valence-corrected chi connectivity index (χ3v) is 6.60. The molecule has 0 spiro atoms. The van der Waals surface area contributed by atoms with Gasteiger partial charge in [0.05, 0.1) is 21.7 Å². The summed E-state index contributed by atoms with van der Waals surface area (Å²) in [6, 6.07) is 13.3. The zero-order chi connectivity index (χ0) is 18.6. The number of nitrogens with two attached hydrogens (primary N) is 1. The van der Waals surface area contributed by atoms with Crippen LogP contribution in [0, 0.1) is 0 Å². The van der Waals surface area contributed by atoms with E-state index in [2.05, 4.69) is 0 Å². The summed E-state index contributed by atoms with van der Waals surface area (Å²) in [6.07, 6.45) is 0. The minimum absolute atomic E-state index is 0.0586. The average Bonchev–Trinajstić information content (AvgIpc) is 2.92. The summed E-state index contributed by atoms with van der Waals surface area (Å²) in [5.41, 5.74) is 5.08. The van der Waals surface area contributed by atoms with Gasteiger partial charge in [0.2, 0.25) is 9.84 Å².